The molecular formula is C18H24N2O5. The molecule has 2 aliphatic heterocycles. The second-order valence-electron chi connectivity index (χ2n) is 7.09. The Labute approximate surface area is 147 Å². The Bertz CT molecular complexity index is 655. The number of amides is 2. The Morgan fingerprint density at radius 2 is 2.04 bits per heavy atom. The second-order valence-corrected chi connectivity index (χ2v) is 7.09. The third kappa shape index (κ3) is 3.87. The fourth-order valence-corrected chi connectivity index (χ4v) is 3.04. The van der Waals surface area contributed by atoms with Gasteiger partial charge in [0.1, 0.15) is 30.1 Å². The van der Waals surface area contributed by atoms with E-state index in [0.717, 1.165) is 5.56 Å². The molecule has 2 aliphatic rings. The van der Waals surface area contributed by atoms with Gasteiger partial charge in [0.25, 0.3) is 0 Å². The number of ether oxygens (including phenoxy) is 3. The SMILES string of the molecule is CC(C)(C)OC(=O)N1CCNC(=O)C1C1OCCOc2ccccc21. The molecule has 0 spiro atoms. The van der Waals surface area contributed by atoms with Crippen LogP contribution in [0.3, 0.4) is 0 Å². The normalized spacial score (nSPS) is 23.8. The van der Waals surface area contributed by atoms with Crippen LogP contribution in [0, 0.1) is 0 Å². The van der Waals surface area contributed by atoms with E-state index in [4.69, 9.17) is 14.2 Å². The molecule has 7 heteroatoms. The summed E-state index contributed by atoms with van der Waals surface area (Å²) in [6.07, 6.45) is -1.12. The average molecular weight is 348 g/mol. The predicted molar refractivity (Wildman–Crippen MR) is 90.4 cm³/mol. The molecule has 1 N–H and O–H groups in total. The Balaban J connectivity index is 1.94. The first-order chi connectivity index (χ1) is 11.9. The maximum atomic E-state index is 12.6. The number of hydrogen-bond acceptors (Lipinski definition) is 5. The van der Waals surface area contributed by atoms with E-state index in [9.17, 15) is 9.59 Å². The lowest BCUT2D eigenvalue weighted by atomic mass is 9.98. The number of nitrogens with zero attached hydrogens (tertiary/aromatic N) is 1. The molecule has 2 heterocycles. The molecule has 136 valence electrons. The summed E-state index contributed by atoms with van der Waals surface area (Å²) >= 11 is 0. The van der Waals surface area contributed by atoms with Crippen molar-refractivity contribution >= 4 is 12.0 Å². The number of benzene rings is 1. The average Bonchev–Trinajstić information content (AvgIpc) is 2.75. The number of piperazine rings is 1. The van der Waals surface area contributed by atoms with Crippen LogP contribution in [0.2, 0.25) is 0 Å². The van der Waals surface area contributed by atoms with Crippen molar-refractivity contribution in [1.82, 2.24) is 10.2 Å². The number of hydrogen-bond donors (Lipinski definition) is 1. The van der Waals surface area contributed by atoms with Gasteiger partial charge in [0.15, 0.2) is 0 Å². The predicted octanol–water partition coefficient (Wildman–Crippen LogP) is 1.87. The van der Waals surface area contributed by atoms with Crippen molar-refractivity contribution in [2.24, 2.45) is 0 Å². The summed E-state index contributed by atoms with van der Waals surface area (Å²) < 4.78 is 17.1. The van der Waals surface area contributed by atoms with Gasteiger partial charge in [0.2, 0.25) is 5.91 Å². The van der Waals surface area contributed by atoms with Crippen molar-refractivity contribution in [3.63, 3.8) is 0 Å². The van der Waals surface area contributed by atoms with Crippen LogP contribution in [-0.4, -0.2) is 54.8 Å². The van der Waals surface area contributed by atoms with Gasteiger partial charge in [-0.2, -0.15) is 0 Å². The molecule has 2 amide bonds. The van der Waals surface area contributed by atoms with Crippen LogP contribution in [0.25, 0.3) is 0 Å². The molecule has 25 heavy (non-hydrogen) atoms. The minimum Gasteiger partial charge on any atom is -0.491 e. The molecule has 1 fully saturated rings. The quantitative estimate of drug-likeness (QED) is 0.838. The van der Waals surface area contributed by atoms with E-state index >= 15 is 0 Å². The van der Waals surface area contributed by atoms with Crippen LogP contribution < -0.4 is 10.1 Å². The summed E-state index contributed by atoms with van der Waals surface area (Å²) in [5, 5.41) is 2.82. The van der Waals surface area contributed by atoms with E-state index in [-0.39, 0.29) is 5.91 Å². The zero-order valence-electron chi connectivity index (χ0n) is 14.8. The van der Waals surface area contributed by atoms with Gasteiger partial charge in [0, 0.05) is 18.7 Å². The zero-order chi connectivity index (χ0) is 18.0. The summed E-state index contributed by atoms with van der Waals surface area (Å²) in [7, 11) is 0. The number of para-hydroxylation sites is 1. The lowest BCUT2D eigenvalue weighted by Crippen LogP contribution is -2.60. The van der Waals surface area contributed by atoms with Crippen molar-refractivity contribution in [1.29, 1.82) is 0 Å². The Morgan fingerprint density at radius 1 is 1.28 bits per heavy atom. The smallest absolute Gasteiger partial charge is 0.411 e. The molecule has 0 aromatic heterocycles. The van der Waals surface area contributed by atoms with Crippen molar-refractivity contribution in [3.05, 3.63) is 29.8 Å². The summed E-state index contributed by atoms with van der Waals surface area (Å²) in [6, 6.07) is 6.64. The van der Waals surface area contributed by atoms with Crippen LogP contribution in [0.5, 0.6) is 5.75 Å². The number of rotatable bonds is 1. The molecular weight excluding hydrogens is 324 g/mol. The molecule has 0 saturated carbocycles. The second kappa shape index (κ2) is 6.92. The maximum Gasteiger partial charge on any atom is 0.411 e. The molecule has 1 saturated heterocycles. The van der Waals surface area contributed by atoms with E-state index in [1.54, 1.807) is 20.8 Å². The summed E-state index contributed by atoms with van der Waals surface area (Å²) in [6.45, 7) is 6.90. The minimum absolute atomic E-state index is 0.251. The third-order valence-corrected chi connectivity index (χ3v) is 4.03. The van der Waals surface area contributed by atoms with Gasteiger partial charge in [0.05, 0.1) is 6.61 Å². The number of carbonyl (C=O) groups is 2. The van der Waals surface area contributed by atoms with E-state index in [1.807, 2.05) is 24.3 Å². The first-order valence-corrected chi connectivity index (χ1v) is 8.47. The van der Waals surface area contributed by atoms with Crippen molar-refractivity contribution in [3.8, 4) is 5.75 Å². The molecule has 1 aromatic carbocycles. The standard InChI is InChI=1S/C18H24N2O5/c1-18(2,3)25-17(22)20-9-8-19-16(21)14(20)15-12-6-4-5-7-13(12)23-10-11-24-15/h4-7,14-15H,8-11H2,1-3H3,(H,19,21). The van der Waals surface area contributed by atoms with Gasteiger partial charge in [-0.15, -0.1) is 0 Å². The van der Waals surface area contributed by atoms with Crippen LogP contribution in [0.15, 0.2) is 24.3 Å². The summed E-state index contributed by atoms with van der Waals surface area (Å²) in [5.41, 5.74) is 0.122. The number of nitrogens with one attached hydrogen (secondary N) is 1. The third-order valence-electron chi connectivity index (χ3n) is 4.03. The van der Waals surface area contributed by atoms with E-state index in [1.165, 1.54) is 4.90 Å². The maximum absolute atomic E-state index is 12.6. The topological polar surface area (TPSA) is 77.1 Å². The fraction of sp³-hybridized carbons (Fsp3) is 0.556. The van der Waals surface area contributed by atoms with Crippen molar-refractivity contribution in [2.75, 3.05) is 26.3 Å². The van der Waals surface area contributed by atoms with E-state index < -0.39 is 23.8 Å². The van der Waals surface area contributed by atoms with Crippen molar-refractivity contribution < 1.29 is 23.8 Å². The minimum atomic E-state index is -0.800. The first-order valence-electron chi connectivity index (χ1n) is 8.47. The van der Waals surface area contributed by atoms with Gasteiger partial charge in [-0.05, 0) is 26.8 Å². The summed E-state index contributed by atoms with van der Waals surface area (Å²) in [4.78, 5) is 26.7. The lowest BCUT2D eigenvalue weighted by Gasteiger charge is -2.39. The molecule has 7 nitrogen and oxygen atoms in total. The van der Waals surface area contributed by atoms with E-state index in [0.29, 0.717) is 32.1 Å². The van der Waals surface area contributed by atoms with E-state index in [2.05, 4.69) is 5.32 Å². The van der Waals surface area contributed by atoms with Crippen LogP contribution in [0.1, 0.15) is 32.4 Å². The summed E-state index contributed by atoms with van der Waals surface area (Å²) in [5.74, 6) is 0.423. The van der Waals surface area contributed by atoms with Crippen LogP contribution in [0.4, 0.5) is 4.79 Å². The van der Waals surface area contributed by atoms with Gasteiger partial charge in [-0.1, -0.05) is 18.2 Å². The Hall–Kier alpha value is -2.28. The molecule has 0 radical (unpaired) electrons. The van der Waals surface area contributed by atoms with Crippen molar-refractivity contribution in [2.45, 2.75) is 38.5 Å². The highest BCUT2D eigenvalue weighted by Crippen LogP contribution is 2.35. The van der Waals surface area contributed by atoms with Crippen LogP contribution >= 0.6 is 0 Å². The largest absolute Gasteiger partial charge is 0.491 e. The Kier molecular flexibility index (Phi) is 4.85. The molecule has 2 atom stereocenters. The van der Waals surface area contributed by atoms with Gasteiger partial charge < -0.3 is 19.5 Å². The molecule has 2 unspecified atom stereocenters. The first kappa shape index (κ1) is 17.5. The Morgan fingerprint density at radius 3 is 2.80 bits per heavy atom. The molecule has 1 aromatic rings. The van der Waals surface area contributed by atoms with Crippen LogP contribution in [-0.2, 0) is 14.3 Å². The molecule has 3 rings (SSSR count). The molecule has 0 bridgehead atoms. The highest BCUT2D eigenvalue weighted by molar-refractivity contribution is 5.87. The highest BCUT2D eigenvalue weighted by Gasteiger charge is 2.43. The van der Waals surface area contributed by atoms with Gasteiger partial charge >= 0.3 is 6.09 Å². The number of carbonyl (C=O) groups excluding carboxylic acids is 2. The van der Waals surface area contributed by atoms with Gasteiger partial charge in [-0.25, -0.2) is 4.79 Å². The van der Waals surface area contributed by atoms with Gasteiger partial charge in [-0.3, -0.25) is 9.69 Å². The zero-order valence-corrected chi connectivity index (χ0v) is 14.8. The monoisotopic (exact) mass is 348 g/mol. The fourth-order valence-electron chi connectivity index (χ4n) is 3.04. The number of fused-ring (bicyclic) bond motifs is 1. The molecule has 0 aliphatic carbocycles. The highest BCUT2D eigenvalue weighted by atomic mass is 16.6. The lowest BCUT2D eigenvalue weighted by molar-refractivity contribution is -0.136.